The molecule has 0 aliphatic carbocycles. The van der Waals surface area contributed by atoms with Crippen LogP contribution in [0.3, 0.4) is 0 Å². The van der Waals surface area contributed by atoms with Gasteiger partial charge in [0.15, 0.2) is 11.5 Å². The molecule has 3 rings (SSSR count). The fraction of sp³-hybridized carbons (Fsp3) is 0.409. The standard InChI is InChI=1S/C22H28BrN3O3/c1-3-28-20-10-5-15(13-21(20)29-4-2)11-12-24-22(27)19-14-18(25-26-19)16-6-8-17(23)9-7-16/h5-10,13,18-19,25-26H,3-4,11-12,14H2,1-2H3,(H,24,27). The van der Waals surface area contributed by atoms with E-state index in [4.69, 9.17) is 9.47 Å². The minimum atomic E-state index is -0.247. The van der Waals surface area contributed by atoms with Gasteiger partial charge in [-0.25, -0.2) is 10.9 Å². The maximum atomic E-state index is 12.5. The van der Waals surface area contributed by atoms with Crippen LogP contribution in [0, 0.1) is 0 Å². The van der Waals surface area contributed by atoms with Crippen LogP contribution in [-0.2, 0) is 11.2 Å². The molecule has 29 heavy (non-hydrogen) atoms. The maximum Gasteiger partial charge on any atom is 0.238 e. The average Bonchev–Trinajstić information content (AvgIpc) is 3.21. The minimum Gasteiger partial charge on any atom is -0.490 e. The van der Waals surface area contributed by atoms with Gasteiger partial charge < -0.3 is 14.8 Å². The van der Waals surface area contributed by atoms with Crippen molar-refractivity contribution < 1.29 is 14.3 Å². The van der Waals surface area contributed by atoms with Crippen molar-refractivity contribution in [3.63, 3.8) is 0 Å². The third kappa shape index (κ3) is 5.95. The number of hydrazine groups is 1. The summed E-state index contributed by atoms with van der Waals surface area (Å²) in [4.78, 5) is 12.5. The van der Waals surface area contributed by atoms with Gasteiger partial charge in [-0.05, 0) is 62.1 Å². The first-order valence-corrected chi connectivity index (χ1v) is 10.8. The van der Waals surface area contributed by atoms with E-state index < -0.39 is 0 Å². The summed E-state index contributed by atoms with van der Waals surface area (Å²) in [6.07, 6.45) is 1.44. The van der Waals surface area contributed by atoms with E-state index in [1.54, 1.807) is 0 Å². The molecule has 1 saturated heterocycles. The van der Waals surface area contributed by atoms with E-state index in [2.05, 4.69) is 44.2 Å². The fourth-order valence-corrected chi connectivity index (χ4v) is 3.61. The molecular weight excluding hydrogens is 434 g/mol. The van der Waals surface area contributed by atoms with Crippen LogP contribution in [0.4, 0.5) is 0 Å². The van der Waals surface area contributed by atoms with Crippen molar-refractivity contribution in [1.29, 1.82) is 0 Å². The molecule has 0 radical (unpaired) electrons. The molecule has 2 aromatic rings. The molecule has 2 aromatic carbocycles. The highest BCUT2D eigenvalue weighted by Crippen LogP contribution is 2.28. The third-order valence-electron chi connectivity index (χ3n) is 4.81. The van der Waals surface area contributed by atoms with Crippen LogP contribution in [0.5, 0.6) is 11.5 Å². The van der Waals surface area contributed by atoms with Gasteiger partial charge in [0.05, 0.1) is 13.2 Å². The second kappa shape index (κ2) is 10.6. The number of benzene rings is 2. The summed E-state index contributed by atoms with van der Waals surface area (Å²) in [7, 11) is 0. The molecule has 1 amide bonds. The predicted molar refractivity (Wildman–Crippen MR) is 117 cm³/mol. The normalized spacial score (nSPS) is 18.4. The van der Waals surface area contributed by atoms with Crippen LogP contribution in [-0.4, -0.2) is 31.7 Å². The topological polar surface area (TPSA) is 71.6 Å². The van der Waals surface area contributed by atoms with Crippen LogP contribution in [0.2, 0.25) is 0 Å². The molecule has 0 bridgehead atoms. The van der Waals surface area contributed by atoms with Gasteiger partial charge in [0.1, 0.15) is 6.04 Å². The lowest BCUT2D eigenvalue weighted by Gasteiger charge is -2.13. The molecule has 1 fully saturated rings. The Morgan fingerprint density at radius 2 is 1.79 bits per heavy atom. The predicted octanol–water partition coefficient (Wildman–Crippen LogP) is 3.51. The average molecular weight is 462 g/mol. The van der Waals surface area contributed by atoms with E-state index in [9.17, 15) is 4.79 Å². The number of hydrogen-bond donors (Lipinski definition) is 3. The Labute approximate surface area is 180 Å². The van der Waals surface area contributed by atoms with Crippen molar-refractivity contribution in [3.05, 3.63) is 58.1 Å². The molecule has 3 N–H and O–H groups in total. The number of amides is 1. The Kier molecular flexibility index (Phi) is 7.91. The van der Waals surface area contributed by atoms with Crippen LogP contribution in [0.15, 0.2) is 46.9 Å². The Balaban J connectivity index is 1.48. The van der Waals surface area contributed by atoms with Crippen LogP contribution in [0.1, 0.15) is 37.4 Å². The summed E-state index contributed by atoms with van der Waals surface area (Å²) in [5.74, 6) is 1.51. The number of hydrogen-bond acceptors (Lipinski definition) is 5. The van der Waals surface area contributed by atoms with Gasteiger partial charge in [-0.2, -0.15) is 0 Å². The quantitative estimate of drug-likeness (QED) is 0.532. The van der Waals surface area contributed by atoms with E-state index in [1.807, 2.05) is 44.2 Å². The number of nitrogens with one attached hydrogen (secondary N) is 3. The first kappa shape index (κ1) is 21.6. The number of halogens is 1. The van der Waals surface area contributed by atoms with Gasteiger partial charge in [0.25, 0.3) is 0 Å². The largest absolute Gasteiger partial charge is 0.490 e. The van der Waals surface area contributed by atoms with Crippen molar-refractivity contribution in [2.45, 2.75) is 38.8 Å². The summed E-state index contributed by atoms with van der Waals surface area (Å²) in [6, 6.07) is 13.9. The van der Waals surface area contributed by atoms with Gasteiger partial charge in [-0.1, -0.05) is 34.1 Å². The van der Waals surface area contributed by atoms with E-state index in [0.29, 0.717) is 26.2 Å². The monoisotopic (exact) mass is 461 g/mol. The summed E-state index contributed by atoms with van der Waals surface area (Å²) >= 11 is 3.45. The van der Waals surface area contributed by atoms with Crippen molar-refractivity contribution in [1.82, 2.24) is 16.2 Å². The highest BCUT2D eigenvalue weighted by atomic mass is 79.9. The number of carbonyl (C=O) groups excluding carboxylic acids is 1. The Hall–Kier alpha value is -2.09. The van der Waals surface area contributed by atoms with Crippen molar-refractivity contribution >= 4 is 21.8 Å². The minimum absolute atomic E-state index is 0.00748. The number of rotatable bonds is 9. The maximum absolute atomic E-state index is 12.5. The second-order valence-corrected chi connectivity index (χ2v) is 7.78. The van der Waals surface area contributed by atoms with Crippen molar-refractivity contribution in [2.75, 3.05) is 19.8 Å². The van der Waals surface area contributed by atoms with Crippen molar-refractivity contribution in [2.24, 2.45) is 0 Å². The molecule has 0 aromatic heterocycles. The van der Waals surface area contributed by atoms with E-state index in [0.717, 1.165) is 33.5 Å². The van der Waals surface area contributed by atoms with Crippen molar-refractivity contribution in [3.8, 4) is 11.5 Å². The highest BCUT2D eigenvalue weighted by Gasteiger charge is 2.29. The molecule has 6 nitrogen and oxygen atoms in total. The Bertz CT molecular complexity index is 813. The third-order valence-corrected chi connectivity index (χ3v) is 5.34. The lowest BCUT2D eigenvalue weighted by molar-refractivity contribution is -0.122. The Morgan fingerprint density at radius 3 is 2.52 bits per heavy atom. The van der Waals surface area contributed by atoms with Crippen LogP contribution in [0.25, 0.3) is 0 Å². The second-order valence-electron chi connectivity index (χ2n) is 6.87. The van der Waals surface area contributed by atoms with Gasteiger partial charge in [0.2, 0.25) is 5.91 Å². The molecule has 1 aliphatic heterocycles. The smallest absolute Gasteiger partial charge is 0.238 e. The molecule has 2 atom stereocenters. The Morgan fingerprint density at radius 1 is 1.07 bits per heavy atom. The molecule has 0 saturated carbocycles. The fourth-order valence-electron chi connectivity index (χ4n) is 3.35. The molecule has 156 valence electrons. The lowest BCUT2D eigenvalue weighted by Crippen LogP contribution is -2.43. The first-order valence-electron chi connectivity index (χ1n) is 10.0. The zero-order valence-corrected chi connectivity index (χ0v) is 18.4. The molecule has 1 heterocycles. The van der Waals surface area contributed by atoms with Gasteiger partial charge >= 0.3 is 0 Å². The molecule has 0 spiro atoms. The SMILES string of the molecule is CCOc1ccc(CCNC(=O)C2CC(c3ccc(Br)cc3)NN2)cc1OCC. The van der Waals surface area contributed by atoms with E-state index in [1.165, 1.54) is 0 Å². The first-order chi connectivity index (χ1) is 14.1. The zero-order chi connectivity index (χ0) is 20.6. The lowest BCUT2D eigenvalue weighted by atomic mass is 10.0. The number of ether oxygens (including phenoxy) is 2. The molecule has 1 aliphatic rings. The van der Waals surface area contributed by atoms with Crippen LogP contribution < -0.4 is 25.6 Å². The van der Waals surface area contributed by atoms with Crippen LogP contribution >= 0.6 is 15.9 Å². The van der Waals surface area contributed by atoms with Gasteiger partial charge in [-0.3, -0.25) is 4.79 Å². The van der Waals surface area contributed by atoms with E-state index >= 15 is 0 Å². The summed E-state index contributed by atoms with van der Waals surface area (Å²) < 4.78 is 12.3. The van der Waals surface area contributed by atoms with Gasteiger partial charge in [0, 0.05) is 17.1 Å². The van der Waals surface area contributed by atoms with E-state index in [-0.39, 0.29) is 18.0 Å². The molecule has 7 heteroatoms. The summed E-state index contributed by atoms with van der Waals surface area (Å²) in [5, 5.41) is 3.02. The summed E-state index contributed by atoms with van der Waals surface area (Å²) in [6.45, 7) is 5.65. The summed E-state index contributed by atoms with van der Waals surface area (Å²) in [5.41, 5.74) is 8.58. The highest BCUT2D eigenvalue weighted by molar-refractivity contribution is 9.10. The molecular formula is C22H28BrN3O3. The zero-order valence-electron chi connectivity index (χ0n) is 16.8. The number of carbonyl (C=O) groups is 1. The molecule has 2 unspecified atom stereocenters. The van der Waals surface area contributed by atoms with Gasteiger partial charge in [-0.15, -0.1) is 0 Å².